The zero-order chi connectivity index (χ0) is 20.0. The van der Waals surface area contributed by atoms with Gasteiger partial charge in [-0.15, -0.1) is 0 Å². The Hall–Kier alpha value is -3.52. The third kappa shape index (κ3) is 4.99. The summed E-state index contributed by atoms with van der Waals surface area (Å²) in [6.45, 7) is -0.252. The second-order valence-corrected chi connectivity index (χ2v) is 5.59. The highest BCUT2D eigenvalue weighted by Crippen LogP contribution is 2.15. The van der Waals surface area contributed by atoms with Crippen LogP contribution in [-0.4, -0.2) is 43.1 Å². The minimum absolute atomic E-state index is 0.121. The first-order valence-electron chi connectivity index (χ1n) is 7.91. The van der Waals surface area contributed by atoms with Crippen molar-refractivity contribution in [3.63, 3.8) is 0 Å². The molecule has 0 aliphatic carbocycles. The standard InChI is InChI=1S/C19H19N3O5/c1-26-15(23)10-27-14-8-6-12(7-9-14)18(25)16(20)17(24)11-2-4-13(5-3-11)19(21)22/h2-9,16H,10,20H2,1H3,(H3,21,22). The highest BCUT2D eigenvalue weighted by molar-refractivity contribution is 6.19. The number of ether oxygens (including phenoxy) is 2. The number of nitrogens with one attached hydrogen (secondary N) is 1. The van der Waals surface area contributed by atoms with Crippen LogP contribution < -0.4 is 16.2 Å². The zero-order valence-corrected chi connectivity index (χ0v) is 14.6. The van der Waals surface area contributed by atoms with Crippen molar-refractivity contribution in [3.05, 3.63) is 65.2 Å². The molecule has 0 spiro atoms. The first kappa shape index (κ1) is 19.8. The van der Waals surface area contributed by atoms with Crippen LogP contribution in [0.3, 0.4) is 0 Å². The van der Waals surface area contributed by atoms with Crippen molar-refractivity contribution >= 4 is 23.4 Å². The number of carbonyl (C=O) groups is 3. The third-order valence-electron chi connectivity index (χ3n) is 3.77. The molecule has 140 valence electrons. The molecule has 1 atom stereocenters. The van der Waals surface area contributed by atoms with Gasteiger partial charge in [-0.05, 0) is 24.3 Å². The molecule has 27 heavy (non-hydrogen) atoms. The number of amidine groups is 1. The lowest BCUT2D eigenvalue weighted by molar-refractivity contribution is -0.142. The summed E-state index contributed by atoms with van der Waals surface area (Å²) in [4.78, 5) is 35.9. The van der Waals surface area contributed by atoms with Crippen molar-refractivity contribution in [1.82, 2.24) is 0 Å². The van der Waals surface area contributed by atoms with Gasteiger partial charge in [0.15, 0.2) is 18.2 Å². The number of carbonyl (C=O) groups excluding carboxylic acids is 3. The monoisotopic (exact) mass is 369 g/mol. The van der Waals surface area contributed by atoms with E-state index < -0.39 is 23.6 Å². The quantitative estimate of drug-likeness (QED) is 0.206. The van der Waals surface area contributed by atoms with Crippen molar-refractivity contribution in [2.24, 2.45) is 11.5 Å². The fourth-order valence-corrected chi connectivity index (χ4v) is 2.21. The summed E-state index contributed by atoms with van der Waals surface area (Å²) in [5.41, 5.74) is 12.1. The Bertz CT molecular complexity index is 860. The average Bonchev–Trinajstić information content (AvgIpc) is 2.70. The summed E-state index contributed by atoms with van der Waals surface area (Å²) in [5, 5.41) is 7.34. The molecule has 5 N–H and O–H groups in total. The molecule has 0 aromatic heterocycles. The minimum Gasteiger partial charge on any atom is -0.482 e. The van der Waals surface area contributed by atoms with E-state index in [1.165, 1.54) is 55.6 Å². The zero-order valence-electron chi connectivity index (χ0n) is 14.6. The second-order valence-electron chi connectivity index (χ2n) is 5.59. The van der Waals surface area contributed by atoms with E-state index in [9.17, 15) is 14.4 Å². The van der Waals surface area contributed by atoms with Gasteiger partial charge in [0.25, 0.3) is 0 Å². The molecule has 0 aliphatic rings. The van der Waals surface area contributed by atoms with E-state index in [0.29, 0.717) is 11.3 Å². The second kappa shape index (κ2) is 8.72. The maximum atomic E-state index is 12.4. The van der Waals surface area contributed by atoms with Crippen LogP contribution in [0.2, 0.25) is 0 Å². The van der Waals surface area contributed by atoms with Crippen LogP contribution in [0.5, 0.6) is 5.75 Å². The fourth-order valence-electron chi connectivity index (χ4n) is 2.21. The minimum atomic E-state index is -1.37. The van der Waals surface area contributed by atoms with Crippen molar-refractivity contribution < 1.29 is 23.9 Å². The molecular weight excluding hydrogens is 350 g/mol. The largest absolute Gasteiger partial charge is 0.482 e. The molecule has 0 radical (unpaired) electrons. The summed E-state index contributed by atoms with van der Waals surface area (Å²) in [6.07, 6.45) is 0. The van der Waals surface area contributed by atoms with Crippen LogP contribution >= 0.6 is 0 Å². The van der Waals surface area contributed by atoms with Crippen LogP contribution in [0.15, 0.2) is 48.5 Å². The van der Waals surface area contributed by atoms with Gasteiger partial charge in [0.05, 0.1) is 7.11 Å². The number of rotatable bonds is 8. The molecule has 2 aromatic carbocycles. The Morgan fingerprint density at radius 2 is 1.37 bits per heavy atom. The van der Waals surface area contributed by atoms with E-state index >= 15 is 0 Å². The van der Waals surface area contributed by atoms with E-state index in [-0.39, 0.29) is 23.6 Å². The predicted octanol–water partition coefficient (Wildman–Crippen LogP) is 0.915. The van der Waals surface area contributed by atoms with Crippen LogP contribution in [0.25, 0.3) is 0 Å². The van der Waals surface area contributed by atoms with Gasteiger partial charge in [-0.1, -0.05) is 24.3 Å². The molecular formula is C19H19N3O5. The Balaban J connectivity index is 2.06. The SMILES string of the molecule is COC(=O)COc1ccc(C(=O)C(N)C(=O)c2ccc(C(=N)N)cc2)cc1. The van der Waals surface area contributed by atoms with Crippen LogP contribution in [0.1, 0.15) is 26.3 Å². The lowest BCUT2D eigenvalue weighted by Crippen LogP contribution is -2.38. The van der Waals surface area contributed by atoms with Crippen LogP contribution in [0.4, 0.5) is 0 Å². The number of nitrogen functional groups attached to an aromatic ring is 1. The lowest BCUT2D eigenvalue weighted by atomic mass is 9.96. The highest BCUT2D eigenvalue weighted by atomic mass is 16.6. The van der Waals surface area contributed by atoms with Gasteiger partial charge < -0.3 is 20.9 Å². The Labute approximate surface area is 155 Å². The Kier molecular flexibility index (Phi) is 6.40. The summed E-state index contributed by atoms with van der Waals surface area (Å²) in [7, 11) is 1.25. The fraction of sp³-hybridized carbons (Fsp3) is 0.158. The number of benzene rings is 2. The smallest absolute Gasteiger partial charge is 0.343 e. The maximum absolute atomic E-state index is 12.4. The van der Waals surface area contributed by atoms with Crippen molar-refractivity contribution in [3.8, 4) is 5.75 Å². The van der Waals surface area contributed by atoms with Crippen LogP contribution in [0, 0.1) is 5.41 Å². The van der Waals surface area contributed by atoms with Crippen molar-refractivity contribution in [2.75, 3.05) is 13.7 Å². The Morgan fingerprint density at radius 1 is 0.926 bits per heavy atom. The summed E-state index contributed by atoms with van der Waals surface area (Å²) in [6, 6.07) is 10.5. The first-order valence-corrected chi connectivity index (χ1v) is 7.91. The number of methoxy groups -OCH3 is 1. The molecule has 0 amide bonds. The number of Topliss-reactive ketones (excluding diaryl/α,β-unsaturated/α-hetero) is 2. The number of ketones is 2. The van der Waals surface area contributed by atoms with Gasteiger partial charge in [-0.3, -0.25) is 15.0 Å². The average molecular weight is 369 g/mol. The molecule has 0 saturated heterocycles. The topological polar surface area (TPSA) is 146 Å². The van der Waals surface area contributed by atoms with Crippen LogP contribution in [-0.2, 0) is 9.53 Å². The molecule has 1 unspecified atom stereocenters. The summed E-state index contributed by atoms with van der Waals surface area (Å²) in [5.74, 6) is -1.37. The van der Waals surface area contributed by atoms with Crippen molar-refractivity contribution in [1.29, 1.82) is 5.41 Å². The number of hydrogen-bond acceptors (Lipinski definition) is 7. The lowest BCUT2D eigenvalue weighted by Gasteiger charge is -2.11. The van der Waals surface area contributed by atoms with Gasteiger partial charge in [0.1, 0.15) is 17.6 Å². The maximum Gasteiger partial charge on any atom is 0.343 e. The van der Waals surface area contributed by atoms with Crippen molar-refractivity contribution in [2.45, 2.75) is 6.04 Å². The molecule has 0 saturated carbocycles. The van der Waals surface area contributed by atoms with Gasteiger partial charge >= 0.3 is 5.97 Å². The molecule has 0 heterocycles. The number of hydrogen-bond donors (Lipinski definition) is 3. The molecule has 8 nitrogen and oxygen atoms in total. The molecule has 0 aliphatic heterocycles. The Morgan fingerprint density at radius 3 is 1.81 bits per heavy atom. The van der Waals surface area contributed by atoms with E-state index in [4.69, 9.17) is 21.6 Å². The molecule has 0 bridgehead atoms. The van der Waals surface area contributed by atoms with Gasteiger partial charge in [0.2, 0.25) is 0 Å². The first-order chi connectivity index (χ1) is 12.8. The van der Waals surface area contributed by atoms with E-state index in [2.05, 4.69) is 4.74 Å². The van der Waals surface area contributed by atoms with Gasteiger partial charge in [-0.25, -0.2) is 4.79 Å². The normalized spacial score (nSPS) is 11.3. The summed E-state index contributed by atoms with van der Waals surface area (Å²) < 4.78 is 9.65. The third-order valence-corrected chi connectivity index (χ3v) is 3.77. The van der Waals surface area contributed by atoms with E-state index in [1.54, 1.807) is 0 Å². The van der Waals surface area contributed by atoms with Gasteiger partial charge in [-0.2, -0.15) is 0 Å². The van der Waals surface area contributed by atoms with E-state index in [1.807, 2.05) is 0 Å². The van der Waals surface area contributed by atoms with E-state index in [0.717, 1.165) is 0 Å². The number of nitrogens with two attached hydrogens (primary N) is 2. The highest BCUT2D eigenvalue weighted by Gasteiger charge is 2.24. The molecule has 2 aromatic rings. The molecule has 8 heteroatoms. The summed E-state index contributed by atoms with van der Waals surface area (Å²) >= 11 is 0. The molecule has 2 rings (SSSR count). The molecule has 0 fully saturated rings. The predicted molar refractivity (Wildman–Crippen MR) is 98.0 cm³/mol. The number of esters is 1. The van der Waals surface area contributed by atoms with Gasteiger partial charge in [0, 0.05) is 16.7 Å².